The van der Waals surface area contributed by atoms with Crippen LogP contribution in [0.4, 0.5) is 5.13 Å². The number of rotatable bonds is 8. The topological polar surface area (TPSA) is 70.6 Å². The Labute approximate surface area is 207 Å². The summed E-state index contributed by atoms with van der Waals surface area (Å²) in [5.74, 6) is -0.0558. The van der Waals surface area contributed by atoms with Gasteiger partial charge in [0.1, 0.15) is 0 Å². The van der Waals surface area contributed by atoms with Crippen molar-refractivity contribution >= 4 is 54.8 Å². The van der Waals surface area contributed by atoms with Crippen LogP contribution in [0.2, 0.25) is 0 Å². The summed E-state index contributed by atoms with van der Waals surface area (Å²) in [6.07, 6.45) is 0.184. The van der Waals surface area contributed by atoms with Gasteiger partial charge in [0, 0.05) is 13.1 Å². The number of carbonyl (C=O) groups excluding carboxylic acids is 1. The molecular weight excluding hydrogens is 478 g/mol. The van der Waals surface area contributed by atoms with Gasteiger partial charge in [0.25, 0.3) is 0 Å². The molecule has 3 aromatic rings. The summed E-state index contributed by atoms with van der Waals surface area (Å²) in [5.41, 5.74) is 4.03. The molecule has 1 aromatic heterocycles. The number of benzene rings is 2. The lowest BCUT2D eigenvalue weighted by atomic mass is 10.1. The van der Waals surface area contributed by atoms with Crippen LogP contribution in [0.25, 0.3) is 10.2 Å². The van der Waals surface area contributed by atoms with E-state index in [2.05, 4.69) is 26.0 Å². The molecule has 2 aromatic carbocycles. The normalized spacial score (nSPS) is 11.8. The first-order valence-corrected chi connectivity index (χ1v) is 13.0. The number of carbonyl (C=O) groups is 1. The average Bonchev–Trinajstić information content (AvgIpc) is 3.15. The first kappa shape index (κ1) is 27.2. The van der Waals surface area contributed by atoms with Crippen LogP contribution in [0.15, 0.2) is 41.3 Å². The summed E-state index contributed by atoms with van der Waals surface area (Å²) in [4.78, 5) is 22.2. The molecule has 0 aliphatic heterocycles. The van der Waals surface area contributed by atoms with Gasteiger partial charge in [-0.05, 0) is 76.7 Å². The van der Waals surface area contributed by atoms with Gasteiger partial charge >= 0.3 is 0 Å². The fraction of sp³-hybridized carbons (Fsp3) is 0.417. The fourth-order valence-corrected chi connectivity index (χ4v) is 5.42. The molecule has 0 saturated heterocycles. The van der Waals surface area contributed by atoms with Crippen molar-refractivity contribution in [2.24, 2.45) is 0 Å². The molecule has 0 aliphatic rings. The molecule has 180 valence electrons. The van der Waals surface area contributed by atoms with E-state index in [1.165, 1.54) is 16.9 Å². The highest BCUT2D eigenvalue weighted by atomic mass is 35.5. The van der Waals surface area contributed by atoms with Crippen molar-refractivity contribution in [1.29, 1.82) is 0 Å². The molecule has 0 unspecified atom stereocenters. The average molecular weight is 510 g/mol. The van der Waals surface area contributed by atoms with Gasteiger partial charge in [0.15, 0.2) is 15.0 Å². The summed E-state index contributed by atoms with van der Waals surface area (Å²) in [6, 6.07) is 10.8. The number of halogens is 1. The number of thiazole rings is 1. The van der Waals surface area contributed by atoms with Gasteiger partial charge in [-0.25, -0.2) is 13.4 Å². The molecular formula is C24H32ClN3O3S2. The van der Waals surface area contributed by atoms with Gasteiger partial charge in [-0.3, -0.25) is 9.69 Å². The first-order chi connectivity index (χ1) is 15.0. The van der Waals surface area contributed by atoms with Gasteiger partial charge < -0.3 is 4.90 Å². The predicted molar refractivity (Wildman–Crippen MR) is 140 cm³/mol. The third-order valence-corrected chi connectivity index (χ3v) is 8.82. The van der Waals surface area contributed by atoms with Crippen LogP contribution in [0, 0.1) is 13.8 Å². The van der Waals surface area contributed by atoms with E-state index in [9.17, 15) is 13.2 Å². The zero-order valence-corrected chi connectivity index (χ0v) is 22.4. The van der Waals surface area contributed by atoms with E-state index < -0.39 is 15.1 Å². The quantitative estimate of drug-likeness (QED) is 0.442. The number of anilines is 1. The zero-order chi connectivity index (χ0) is 23.6. The molecule has 1 heterocycles. The molecule has 9 heteroatoms. The number of aromatic nitrogens is 1. The minimum Gasteiger partial charge on any atom is -0.308 e. The van der Waals surface area contributed by atoms with Crippen molar-refractivity contribution < 1.29 is 13.2 Å². The van der Waals surface area contributed by atoms with Crippen LogP contribution >= 0.6 is 23.7 Å². The summed E-state index contributed by atoms with van der Waals surface area (Å²) in [6.45, 7) is 8.69. The van der Waals surface area contributed by atoms with Crippen LogP contribution in [-0.4, -0.2) is 56.6 Å². The molecule has 0 N–H and O–H groups in total. The third kappa shape index (κ3) is 6.12. The maximum atomic E-state index is 13.3. The lowest BCUT2D eigenvalue weighted by Crippen LogP contribution is -2.37. The van der Waals surface area contributed by atoms with Crippen LogP contribution in [0.5, 0.6) is 0 Å². The van der Waals surface area contributed by atoms with Crippen molar-refractivity contribution in [2.75, 3.05) is 32.1 Å². The lowest BCUT2D eigenvalue weighted by Gasteiger charge is -2.22. The number of likely N-dealkylation sites (N-methyl/N-ethyl adjacent to an activating group) is 1. The predicted octanol–water partition coefficient (Wildman–Crippen LogP) is 4.65. The Hall–Kier alpha value is -2.00. The van der Waals surface area contributed by atoms with E-state index in [1.807, 2.05) is 19.0 Å². The molecule has 33 heavy (non-hydrogen) atoms. The number of nitrogens with zero attached hydrogens (tertiary/aromatic N) is 3. The summed E-state index contributed by atoms with van der Waals surface area (Å²) < 4.78 is 25.8. The maximum absolute atomic E-state index is 13.3. The Morgan fingerprint density at radius 1 is 1.03 bits per heavy atom. The number of sulfone groups is 1. The minimum absolute atomic E-state index is 0. The van der Waals surface area contributed by atoms with E-state index in [0.717, 1.165) is 21.3 Å². The molecule has 0 spiro atoms. The van der Waals surface area contributed by atoms with Gasteiger partial charge in [0.05, 0.1) is 26.8 Å². The zero-order valence-electron chi connectivity index (χ0n) is 20.0. The van der Waals surface area contributed by atoms with Crippen molar-refractivity contribution in [3.63, 3.8) is 0 Å². The lowest BCUT2D eigenvalue weighted by molar-refractivity contribution is -0.118. The maximum Gasteiger partial charge on any atom is 0.233 e. The molecule has 6 nitrogen and oxygen atoms in total. The summed E-state index contributed by atoms with van der Waals surface area (Å²) in [5, 5.41) is 0.210. The Morgan fingerprint density at radius 2 is 1.67 bits per heavy atom. The smallest absolute Gasteiger partial charge is 0.233 e. The summed E-state index contributed by atoms with van der Waals surface area (Å²) in [7, 11) is 0.618. The number of amides is 1. The van der Waals surface area contributed by atoms with E-state index in [4.69, 9.17) is 4.98 Å². The largest absolute Gasteiger partial charge is 0.308 e. The third-order valence-electron chi connectivity index (χ3n) is 5.60. The van der Waals surface area contributed by atoms with E-state index in [1.54, 1.807) is 43.0 Å². The van der Waals surface area contributed by atoms with E-state index >= 15 is 0 Å². The monoisotopic (exact) mass is 509 g/mol. The van der Waals surface area contributed by atoms with Crippen LogP contribution in [0.3, 0.4) is 0 Å². The highest BCUT2D eigenvalue weighted by Gasteiger charge is 2.22. The SMILES string of the molecule is Cc1ccc2sc(N(CCN(C)C)C(=O)Cc3ccc(S(=O)(=O)C(C)C)cc3)nc2c1C.Cl. The Kier molecular flexibility index (Phi) is 9.04. The summed E-state index contributed by atoms with van der Waals surface area (Å²) >= 11 is 1.52. The van der Waals surface area contributed by atoms with Crippen LogP contribution < -0.4 is 4.90 Å². The van der Waals surface area contributed by atoms with Gasteiger partial charge in [-0.2, -0.15) is 0 Å². The Bertz CT molecular complexity index is 1220. The second-order valence-electron chi connectivity index (χ2n) is 8.61. The molecule has 0 bridgehead atoms. The molecule has 0 atom stereocenters. The number of aryl methyl sites for hydroxylation is 2. The Balaban J connectivity index is 0.00000385. The van der Waals surface area contributed by atoms with Gasteiger partial charge in [-0.1, -0.05) is 29.5 Å². The molecule has 1 amide bonds. The van der Waals surface area contributed by atoms with Gasteiger partial charge in [-0.15, -0.1) is 12.4 Å². The number of fused-ring (bicyclic) bond motifs is 1. The molecule has 0 saturated carbocycles. The molecule has 0 fully saturated rings. The fourth-order valence-electron chi connectivity index (χ4n) is 3.30. The highest BCUT2D eigenvalue weighted by molar-refractivity contribution is 7.92. The minimum atomic E-state index is -3.33. The van der Waals surface area contributed by atoms with E-state index in [-0.39, 0.29) is 29.6 Å². The van der Waals surface area contributed by atoms with E-state index in [0.29, 0.717) is 18.2 Å². The first-order valence-electron chi connectivity index (χ1n) is 10.7. The molecule has 0 radical (unpaired) electrons. The highest BCUT2D eigenvalue weighted by Crippen LogP contribution is 2.32. The molecule has 0 aliphatic carbocycles. The second-order valence-corrected chi connectivity index (χ2v) is 12.1. The molecule has 3 rings (SSSR count). The van der Waals surface area contributed by atoms with Crippen molar-refractivity contribution in [2.45, 2.75) is 44.3 Å². The van der Waals surface area contributed by atoms with Crippen molar-refractivity contribution in [3.8, 4) is 0 Å². The van der Waals surface area contributed by atoms with Crippen molar-refractivity contribution in [1.82, 2.24) is 9.88 Å². The van der Waals surface area contributed by atoms with Crippen molar-refractivity contribution in [3.05, 3.63) is 53.1 Å². The van der Waals surface area contributed by atoms with Crippen LogP contribution in [0.1, 0.15) is 30.5 Å². The van der Waals surface area contributed by atoms with Gasteiger partial charge in [0.2, 0.25) is 5.91 Å². The Morgan fingerprint density at radius 3 is 2.24 bits per heavy atom. The standard InChI is InChI=1S/C24H31N3O3S2.ClH/c1-16(2)32(29,30)20-10-8-19(9-11-20)15-22(28)27(14-13-26(5)6)24-25-23-18(4)17(3)7-12-21(23)31-24;/h7-12,16H,13-15H2,1-6H3;1H. The van der Waals surface area contributed by atoms with Crippen LogP contribution in [-0.2, 0) is 21.1 Å². The second kappa shape index (κ2) is 11.0. The number of hydrogen-bond acceptors (Lipinski definition) is 6. The number of hydrogen-bond donors (Lipinski definition) is 0.